The number of rotatable bonds is 4. The van der Waals surface area contributed by atoms with Crippen molar-refractivity contribution in [1.82, 2.24) is 0 Å². The lowest BCUT2D eigenvalue weighted by molar-refractivity contribution is -0.0999. The molecule has 1 fully saturated rings. The number of fused-ring (bicyclic) bond motifs is 1. The molecule has 1 heterocycles. The van der Waals surface area contributed by atoms with E-state index in [4.69, 9.17) is 9.47 Å². The smallest absolute Gasteiger partial charge is 0.123 e. The average Bonchev–Trinajstić information content (AvgIpc) is 2.72. The minimum atomic E-state index is -0.443. The van der Waals surface area contributed by atoms with Crippen molar-refractivity contribution < 1.29 is 14.6 Å². The Morgan fingerprint density at radius 1 is 1.47 bits per heavy atom. The largest absolute Gasteiger partial charge is 0.490 e. The van der Waals surface area contributed by atoms with Gasteiger partial charge in [0.2, 0.25) is 0 Å². The molecule has 0 amide bonds. The molecule has 104 valence electrons. The van der Waals surface area contributed by atoms with Gasteiger partial charge in [-0.1, -0.05) is 6.07 Å². The molecule has 1 aromatic rings. The number of aliphatic hydroxyl groups is 1. The van der Waals surface area contributed by atoms with Crippen molar-refractivity contribution in [3.05, 3.63) is 29.3 Å². The van der Waals surface area contributed by atoms with Gasteiger partial charge in [-0.15, -0.1) is 0 Å². The van der Waals surface area contributed by atoms with Gasteiger partial charge < -0.3 is 14.6 Å². The maximum Gasteiger partial charge on any atom is 0.123 e. The summed E-state index contributed by atoms with van der Waals surface area (Å²) in [7, 11) is 1.75. The summed E-state index contributed by atoms with van der Waals surface area (Å²) in [5.74, 6) is 0.966. The molecular weight excluding hydrogens is 240 g/mol. The van der Waals surface area contributed by atoms with Gasteiger partial charge in [-0.3, -0.25) is 0 Å². The average molecular weight is 262 g/mol. The van der Waals surface area contributed by atoms with Crippen molar-refractivity contribution in [3.63, 3.8) is 0 Å². The second-order valence-corrected chi connectivity index (χ2v) is 5.96. The first-order chi connectivity index (χ1) is 9.12. The quantitative estimate of drug-likeness (QED) is 0.906. The van der Waals surface area contributed by atoms with Gasteiger partial charge in [-0.05, 0) is 49.4 Å². The van der Waals surface area contributed by atoms with Gasteiger partial charge in [0.1, 0.15) is 11.9 Å². The molecule has 1 saturated carbocycles. The third-order valence-electron chi connectivity index (χ3n) is 4.57. The summed E-state index contributed by atoms with van der Waals surface area (Å²) in [4.78, 5) is 0. The monoisotopic (exact) mass is 262 g/mol. The predicted molar refractivity (Wildman–Crippen MR) is 73.4 cm³/mol. The van der Waals surface area contributed by atoms with Crippen LogP contribution in [0.3, 0.4) is 0 Å². The Morgan fingerprint density at radius 2 is 2.26 bits per heavy atom. The summed E-state index contributed by atoms with van der Waals surface area (Å²) < 4.78 is 11.3. The lowest BCUT2D eigenvalue weighted by atomic mass is 9.75. The van der Waals surface area contributed by atoms with E-state index in [2.05, 4.69) is 13.0 Å². The highest BCUT2D eigenvalue weighted by atomic mass is 16.5. The van der Waals surface area contributed by atoms with E-state index >= 15 is 0 Å². The lowest BCUT2D eigenvalue weighted by Gasteiger charge is -2.41. The van der Waals surface area contributed by atoms with E-state index in [0.29, 0.717) is 6.42 Å². The van der Waals surface area contributed by atoms with Gasteiger partial charge >= 0.3 is 0 Å². The van der Waals surface area contributed by atoms with Crippen LogP contribution in [-0.2, 0) is 11.2 Å². The van der Waals surface area contributed by atoms with Crippen LogP contribution in [0.25, 0.3) is 0 Å². The fourth-order valence-corrected chi connectivity index (χ4v) is 3.18. The molecule has 0 radical (unpaired) electrons. The van der Waals surface area contributed by atoms with E-state index in [9.17, 15) is 5.11 Å². The van der Waals surface area contributed by atoms with Crippen LogP contribution < -0.4 is 4.74 Å². The van der Waals surface area contributed by atoms with Crippen LogP contribution in [0.1, 0.15) is 49.8 Å². The van der Waals surface area contributed by atoms with Crippen LogP contribution in [0.5, 0.6) is 5.75 Å². The van der Waals surface area contributed by atoms with Crippen molar-refractivity contribution >= 4 is 0 Å². The van der Waals surface area contributed by atoms with Crippen molar-refractivity contribution in [2.24, 2.45) is 0 Å². The summed E-state index contributed by atoms with van der Waals surface area (Å²) in [5, 5.41) is 10.4. The third kappa shape index (κ3) is 2.37. The molecule has 2 unspecified atom stereocenters. The van der Waals surface area contributed by atoms with Crippen molar-refractivity contribution in [2.45, 2.75) is 56.8 Å². The van der Waals surface area contributed by atoms with Crippen molar-refractivity contribution in [3.8, 4) is 5.75 Å². The standard InChI is InChI=1S/C16H22O3/c1-11-8-13-9-12(4-5-15(13)19-11)14(17)10-16(18-2)6-3-7-16/h4-5,9,11,14,17H,3,6-8,10H2,1-2H3. The van der Waals surface area contributed by atoms with Crippen LogP contribution >= 0.6 is 0 Å². The van der Waals surface area contributed by atoms with E-state index < -0.39 is 6.10 Å². The van der Waals surface area contributed by atoms with E-state index in [-0.39, 0.29) is 11.7 Å². The van der Waals surface area contributed by atoms with Crippen molar-refractivity contribution in [1.29, 1.82) is 0 Å². The van der Waals surface area contributed by atoms with E-state index in [0.717, 1.165) is 30.6 Å². The van der Waals surface area contributed by atoms with E-state index in [1.165, 1.54) is 12.0 Å². The van der Waals surface area contributed by atoms with Crippen LogP contribution in [0.4, 0.5) is 0 Å². The Balaban J connectivity index is 1.74. The van der Waals surface area contributed by atoms with Crippen molar-refractivity contribution in [2.75, 3.05) is 7.11 Å². The summed E-state index contributed by atoms with van der Waals surface area (Å²) in [6.07, 6.45) is 4.76. The van der Waals surface area contributed by atoms with E-state index in [1.807, 2.05) is 12.1 Å². The summed E-state index contributed by atoms with van der Waals surface area (Å²) in [5.41, 5.74) is 2.10. The normalized spacial score (nSPS) is 25.3. The molecule has 0 aromatic heterocycles. The molecule has 1 N–H and O–H groups in total. The lowest BCUT2D eigenvalue weighted by Crippen LogP contribution is -2.40. The van der Waals surface area contributed by atoms with Crippen LogP contribution in [0.2, 0.25) is 0 Å². The number of methoxy groups -OCH3 is 1. The first-order valence-corrected chi connectivity index (χ1v) is 7.15. The summed E-state index contributed by atoms with van der Waals surface area (Å²) in [6, 6.07) is 6.05. The Kier molecular flexibility index (Phi) is 3.27. The zero-order valence-corrected chi connectivity index (χ0v) is 11.7. The molecular formula is C16H22O3. The molecule has 1 aliphatic heterocycles. The maximum absolute atomic E-state index is 10.4. The second kappa shape index (κ2) is 4.80. The van der Waals surface area contributed by atoms with E-state index in [1.54, 1.807) is 7.11 Å². The molecule has 3 heteroatoms. The van der Waals surface area contributed by atoms with Gasteiger partial charge in [0.15, 0.2) is 0 Å². The highest BCUT2D eigenvalue weighted by Crippen LogP contribution is 2.42. The Labute approximate surface area is 114 Å². The molecule has 2 aliphatic rings. The van der Waals surface area contributed by atoms with Gasteiger partial charge in [0.05, 0.1) is 11.7 Å². The molecule has 1 aliphatic carbocycles. The van der Waals surface area contributed by atoms with Crippen LogP contribution in [0.15, 0.2) is 18.2 Å². The van der Waals surface area contributed by atoms with Gasteiger partial charge in [0.25, 0.3) is 0 Å². The number of hydrogen-bond donors (Lipinski definition) is 1. The van der Waals surface area contributed by atoms with Crippen LogP contribution in [-0.4, -0.2) is 23.9 Å². The maximum atomic E-state index is 10.4. The Morgan fingerprint density at radius 3 is 2.89 bits per heavy atom. The number of aliphatic hydroxyl groups excluding tert-OH is 1. The summed E-state index contributed by atoms with van der Waals surface area (Å²) >= 11 is 0. The number of ether oxygens (including phenoxy) is 2. The summed E-state index contributed by atoms with van der Waals surface area (Å²) in [6.45, 7) is 2.07. The first kappa shape index (κ1) is 12.9. The zero-order chi connectivity index (χ0) is 13.5. The fourth-order valence-electron chi connectivity index (χ4n) is 3.18. The molecule has 3 nitrogen and oxygen atoms in total. The fraction of sp³-hybridized carbons (Fsp3) is 0.625. The molecule has 19 heavy (non-hydrogen) atoms. The molecule has 3 rings (SSSR count). The molecule has 1 aromatic carbocycles. The molecule has 0 spiro atoms. The highest BCUT2D eigenvalue weighted by molar-refractivity contribution is 5.41. The highest BCUT2D eigenvalue weighted by Gasteiger charge is 2.39. The topological polar surface area (TPSA) is 38.7 Å². The molecule has 2 atom stereocenters. The molecule has 0 bridgehead atoms. The van der Waals surface area contributed by atoms with Gasteiger partial charge in [-0.25, -0.2) is 0 Å². The van der Waals surface area contributed by atoms with Crippen LogP contribution in [0, 0.1) is 0 Å². The zero-order valence-electron chi connectivity index (χ0n) is 11.7. The Hall–Kier alpha value is -1.06. The molecule has 0 saturated heterocycles. The number of hydrogen-bond acceptors (Lipinski definition) is 3. The second-order valence-electron chi connectivity index (χ2n) is 5.96. The minimum absolute atomic E-state index is 0.0950. The number of benzene rings is 1. The predicted octanol–water partition coefficient (Wildman–Crippen LogP) is 3.00. The Bertz CT molecular complexity index is 460. The minimum Gasteiger partial charge on any atom is -0.490 e. The third-order valence-corrected chi connectivity index (χ3v) is 4.57. The van der Waals surface area contributed by atoms with Gasteiger partial charge in [0, 0.05) is 20.0 Å². The first-order valence-electron chi connectivity index (χ1n) is 7.15. The SMILES string of the molecule is COC1(CC(O)c2ccc3c(c2)CC(C)O3)CCC1. The van der Waals surface area contributed by atoms with Gasteiger partial charge in [-0.2, -0.15) is 0 Å².